The van der Waals surface area contributed by atoms with Gasteiger partial charge in [-0.05, 0) is 6.54 Å². The SMILES string of the molecule is CCN1CCN(CCn2cc(C(=O)NN)nn2)CC1. The van der Waals surface area contributed by atoms with E-state index >= 15 is 0 Å². The van der Waals surface area contributed by atoms with E-state index in [9.17, 15) is 4.79 Å². The van der Waals surface area contributed by atoms with Crippen molar-refractivity contribution in [3.63, 3.8) is 0 Å². The maximum atomic E-state index is 11.2. The van der Waals surface area contributed by atoms with Crippen molar-refractivity contribution in [2.75, 3.05) is 39.3 Å². The highest BCUT2D eigenvalue weighted by Gasteiger charge is 2.15. The molecule has 0 aliphatic carbocycles. The molecule has 1 saturated heterocycles. The lowest BCUT2D eigenvalue weighted by atomic mass is 10.3. The minimum absolute atomic E-state index is 0.248. The molecule has 1 aromatic heterocycles. The van der Waals surface area contributed by atoms with Crippen molar-refractivity contribution in [3.05, 3.63) is 11.9 Å². The number of nitrogen functional groups attached to an aromatic ring is 1. The third-order valence-electron chi connectivity index (χ3n) is 3.46. The van der Waals surface area contributed by atoms with Crippen LogP contribution in [-0.4, -0.2) is 70.0 Å². The summed E-state index contributed by atoms with van der Waals surface area (Å²) in [6.45, 7) is 9.37. The van der Waals surface area contributed by atoms with Crippen molar-refractivity contribution in [2.45, 2.75) is 13.5 Å². The molecule has 0 bridgehead atoms. The molecule has 3 N–H and O–H groups in total. The monoisotopic (exact) mass is 267 g/mol. The van der Waals surface area contributed by atoms with Crippen LogP contribution in [0.4, 0.5) is 0 Å². The number of likely N-dealkylation sites (N-methyl/N-ethyl adjacent to an activating group) is 1. The number of rotatable bonds is 5. The van der Waals surface area contributed by atoms with E-state index in [1.807, 2.05) is 5.43 Å². The molecule has 1 aromatic rings. The molecule has 1 amide bonds. The topological polar surface area (TPSA) is 92.3 Å². The summed E-state index contributed by atoms with van der Waals surface area (Å²) >= 11 is 0. The molecule has 0 aromatic carbocycles. The molecule has 19 heavy (non-hydrogen) atoms. The summed E-state index contributed by atoms with van der Waals surface area (Å²) in [5.41, 5.74) is 2.29. The molecule has 1 aliphatic heterocycles. The number of nitrogens with zero attached hydrogens (tertiary/aromatic N) is 5. The van der Waals surface area contributed by atoms with Gasteiger partial charge in [0.05, 0.1) is 12.7 Å². The lowest BCUT2D eigenvalue weighted by Gasteiger charge is -2.33. The molecule has 2 heterocycles. The number of hydrogen-bond donors (Lipinski definition) is 2. The molecule has 0 atom stereocenters. The number of nitrogens with one attached hydrogen (secondary N) is 1. The number of carbonyl (C=O) groups excluding carboxylic acids is 1. The van der Waals surface area contributed by atoms with Gasteiger partial charge < -0.3 is 4.90 Å². The third kappa shape index (κ3) is 3.72. The van der Waals surface area contributed by atoms with Crippen molar-refractivity contribution in [3.8, 4) is 0 Å². The van der Waals surface area contributed by atoms with Crippen molar-refractivity contribution < 1.29 is 4.79 Å². The Morgan fingerprint density at radius 1 is 1.32 bits per heavy atom. The van der Waals surface area contributed by atoms with Gasteiger partial charge in [-0.3, -0.25) is 19.8 Å². The molecule has 8 nitrogen and oxygen atoms in total. The molecular formula is C11H21N7O. The first kappa shape index (κ1) is 13.9. The average Bonchev–Trinajstić information content (AvgIpc) is 2.93. The minimum atomic E-state index is -0.414. The molecule has 0 saturated carbocycles. The van der Waals surface area contributed by atoms with Gasteiger partial charge in [0.1, 0.15) is 0 Å². The van der Waals surface area contributed by atoms with Crippen LogP contribution in [-0.2, 0) is 6.54 Å². The number of amides is 1. The van der Waals surface area contributed by atoms with Gasteiger partial charge >= 0.3 is 0 Å². The zero-order valence-electron chi connectivity index (χ0n) is 11.2. The number of hydrazine groups is 1. The van der Waals surface area contributed by atoms with E-state index in [1.54, 1.807) is 10.9 Å². The van der Waals surface area contributed by atoms with E-state index in [2.05, 4.69) is 27.0 Å². The Morgan fingerprint density at radius 3 is 2.63 bits per heavy atom. The fourth-order valence-electron chi connectivity index (χ4n) is 2.16. The van der Waals surface area contributed by atoms with Crippen LogP contribution in [0.2, 0.25) is 0 Å². The zero-order chi connectivity index (χ0) is 13.7. The number of nitrogens with two attached hydrogens (primary N) is 1. The van der Waals surface area contributed by atoms with E-state index < -0.39 is 5.91 Å². The van der Waals surface area contributed by atoms with Gasteiger partial charge in [0, 0.05) is 32.7 Å². The standard InChI is InChI=1S/C11H21N7O/c1-2-16-3-5-17(6-4-16)7-8-18-9-10(14-15-18)11(19)13-12/h9H,2-8,12H2,1H3,(H,13,19). The van der Waals surface area contributed by atoms with Crippen molar-refractivity contribution in [1.82, 2.24) is 30.2 Å². The highest BCUT2D eigenvalue weighted by Crippen LogP contribution is 2.01. The van der Waals surface area contributed by atoms with Crippen LogP contribution in [0.3, 0.4) is 0 Å². The van der Waals surface area contributed by atoms with Gasteiger partial charge in [0.15, 0.2) is 5.69 Å². The lowest BCUT2D eigenvalue weighted by molar-refractivity contribution is 0.0948. The second-order valence-corrected chi connectivity index (χ2v) is 4.62. The summed E-state index contributed by atoms with van der Waals surface area (Å²) in [7, 11) is 0. The highest BCUT2D eigenvalue weighted by molar-refractivity contribution is 5.91. The van der Waals surface area contributed by atoms with E-state index in [1.165, 1.54) is 0 Å². The van der Waals surface area contributed by atoms with E-state index in [0.717, 1.165) is 45.8 Å². The zero-order valence-corrected chi connectivity index (χ0v) is 11.2. The Hall–Kier alpha value is -1.51. The van der Waals surface area contributed by atoms with Gasteiger partial charge in [0.25, 0.3) is 5.91 Å². The number of piperazine rings is 1. The molecule has 8 heteroatoms. The minimum Gasteiger partial charge on any atom is -0.301 e. The Labute approximate surface area is 112 Å². The summed E-state index contributed by atoms with van der Waals surface area (Å²) in [4.78, 5) is 16.1. The Balaban J connectivity index is 1.76. The van der Waals surface area contributed by atoms with Crippen LogP contribution in [0.15, 0.2) is 6.20 Å². The summed E-state index contributed by atoms with van der Waals surface area (Å²) < 4.78 is 1.68. The molecule has 0 unspecified atom stereocenters. The van der Waals surface area contributed by atoms with Gasteiger partial charge in [-0.25, -0.2) is 5.84 Å². The Morgan fingerprint density at radius 2 is 2.00 bits per heavy atom. The first-order chi connectivity index (χ1) is 9.22. The molecule has 2 rings (SSSR count). The first-order valence-corrected chi connectivity index (χ1v) is 6.58. The largest absolute Gasteiger partial charge is 0.301 e. The third-order valence-corrected chi connectivity index (χ3v) is 3.46. The second kappa shape index (κ2) is 6.60. The van der Waals surface area contributed by atoms with Crippen LogP contribution >= 0.6 is 0 Å². The molecule has 1 fully saturated rings. The summed E-state index contributed by atoms with van der Waals surface area (Å²) in [5.74, 6) is 4.63. The summed E-state index contributed by atoms with van der Waals surface area (Å²) in [6, 6.07) is 0. The molecule has 0 radical (unpaired) electrons. The van der Waals surface area contributed by atoms with Gasteiger partial charge in [-0.15, -0.1) is 5.10 Å². The van der Waals surface area contributed by atoms with Crippen molar-refractivity contribution in [1.29, 1.82) is 0 Å². The fourth-order valence-corrected chi connectivity index (χ4v) is 2.16. The lowest BCUT2D eigenvalue weighted by Crippen LogP contribution is -2.46. The smallest absolute Gasteiger partial charge is 0.287 e. The van der Waals surface area contributed by atoms with Gasteiger partial charge in [0.2, 0.25) is 0 Å². The summed E-state index contributed by atoms with van der Waals surface area (Å²) in [6.07, 6.45) is 1.62. The van der Waals surface area contributed by atoms with Crippen LogP contribution in [0.1, 0.15) is 17.4 Å². The van der Waals surface area contributed by atoms with Gasteiger partial charge in [-0.1, -0.05) is 12.1 Å². The Bertz CT molecular complexity index is 411. The number of hydrogen-bond acceptors (Lipinski definition) is 6. The van der Waals surface area contributed by atoms with Crippen LogP contribution < -0.4 is 11.3 Å². The normalized spacial score (nSPS) is 17.6. The predicted octanol–water partition coefficient (Wildman–Crippen LogP) is -1.48. The van der Waals surface area contributed by atoms with Crippen LogP contribution in [0.5, 0.6) is 0 Å². The average molecular weight is 267 g/mol. The highest BCUT2D eigenvalue weighted by atomic mass is 16.2. The maximum absolute atomic E-state index is 11.2. The first-order valence-electron chi connectivity index (χ1n) is 6.58. The number of carbonyl (C=O) groups is 1. The molecule has 0 spiro atoms. The molecule has 106 valence electrons. The molecule has 1 aliphatic rings. The summed E-state index contributed by atoms with van der Waals surface area (Å²) in [5, 5.41) is 7.68. The maximum Gasteiger partial charge on any atom is 0.287 e. The van der Waals surface area contributed by atoms with E-state index in [4.69, 9.17) is 5.84 Å². The second-order valence-electron chi connectivity index (χ2n) is 4.62. The Kier molecular flexibility index (Phi) is 4.83. The van der Waals surface area contributed by atoms with Gasteiger partial charge in [-0.2, -0.15) is 0 Å². The quantitative estimate of drug-likeness (QED) is 0.384. The van der Waals surface area contributed by atoms with Crippen molar-refractivity contribution in [2.24, 2.45) is 5.84 Å². The molecular weight excluding hydrogens is 246 g/mol. The van der Waals surface area contributed by atoms with Crippen LogP contribution in [0, 0.1) is 0 Å². The predicted molar refractivity (Wildman–Crippen MR) is 70.2 cm³/mol. The van der Waals surface area contributed by atoms with E-state index in [0.29, 0.717) is 0 Å². The van der Waals surface area contributed by atoms with Crippen LogP contribution in [0.25, 0.3) is 0 Å². The number of aromatic nitrogens is 3. The van der Waals surface area contributed by atoms with Crippen molar-refractivity contribution >= 4 is 5.91 Å². The van der Waals surface area contributed by atoms with E-state index in [-0.39, 0.29) is 5.69 Å². The fraction of sp³-hybridized carbons (Fsp3) is 0.727.